The molecule has 0 spiro atoms. The molecule has 1 amide bonds. The average Bonchev–Trinajstić information content (AvgIpc) is 3.34. The van der Waals surface area contributed by atoms with Crippen molar-refractivity contribution in [1.29, 1.82) is 0 Å². The van der Waals surface area contributed by atoms with Gasteiger partial charge in [-0.1, -0.05) is 36.4 Å². The third-order valence-electron chi connectivity index (χ3n) is 6.14. The molecule has 29 heavy (non-hydrogen) atoms. The minimum absolute atomic E-state index is 0.122. The van der Waals surface area contributed by atoms with Crippen molar-refractivity contribution in [2.24, 2.45) is 5.92 Å². The lowest BCUT2D eigenvalue weighted by Gasteiger charge is -2.39. The van der Waals surface area contributed by atoms with Crippen LogP contribution in [0, 0.1) is 11.7 Å². The lowest BCUT2D eigenvalue weighted by Crippen LogP contribution is -2.44. The Labute approximate surface area is 171 Å². The summed E-state index contributed by atoms with van der Waals surface area (Å²) in [7, 11) is 0. The highest BCUT2D eigenvalue weighted by Gasteiger charge is 2.43. The number of hydrazine groups is 1. The van der Waals surface area contributed by atoms with Crippen molar-refractivity contribution in [3.63, 3.8) is 0 Å². The largest absolute Gasteiger partial charge is 0.290 e. The second-order valence-electron chi connectivity index (χ2n) is 8.30. The van der Waals surface area contributed by atoms with E-state index in [4.69, 9.17) is 0 Å². The first-order chi connectivity index (χ1) is 14.1. The molecule has 1 unspecified atom stereocenters. The molecule has 150 valence electrons. The first kappa shape index (κ1) is 18.4. The van der Waals surface area contributed by atoms with Crippen LogP contribution >= 0.6 is 0 Å². The number of carbonyl (C=O) groups is 1. The van der Waals surface area contributed by atoms with Gasteiger partial charge >= 0.3 is 0 Å². The van der Waals surface area contributed by atoms with Crippen LogP contribution in [-0.4, -0.2) is 33.9 Å². The zero-order valence-electron chi connectivity index (χ0n) is 16.7. The van der Waals surface area contributed by atoms with E-state index in [1.165, 1.54) is 25.0 Å². The summed E-state index contributed by atoms with van der Waals surface area (Å²) in [6, 6.07) is 14.9. The van der Waals surface area contributed by atoms with Crippen molar-refractivity contribution in [2.75, 3.05) is 13.1 Å². The molecule has 0 radical (unpaired) electrons. The maximum atomic E-state index is 13.2. The first-order valence-corrected chi connectivity index (χ1v) is 10.5. The second-order valence-corrected chi connectivity index (χ2v) is 8.30. The van der Waals surface area contributed by atoms with E-state index in [1.807, 2.05) is 11.1 Å². The number of carbonyl (C=O) groups excluding carboxylic acids is 1. The summed E-state index contributed by atoms with van der Waals surface area (Å²) in [4.78, 5) is 15.0. The molecule has 0 bridgehead atoms. The standard InChI is InChI=1S/C24H26FN3O/c1-17-16-27(24(29)21-8-9-21)23(28(17)26-14-2-3-15-26)20-6-4-18(5-7-20)19-10-12-22(25)13-11-19/h4-7,10-13,16,21,23H,2-3,8-9,14-15H2,1H3. The van der Waals surface area contributed by atoms with Crippen molar-refractivity contribution in [3.8, 4) is 11.1 Å². The van der Waals surface area contributed by atoms with Gasteiger partial charge in [0.2, 0.25) is 5.91 Å². The van der Waals surface area contributed by atoms with Crippen molar-refractivity contribution in [2.45, 2.75) is 38.8 Å². The molecule has 5 heteroatoms. The predicted octanol–water partition coefficient (Wildman–Crippen LogP) is 4.92. The van der Waals surface area contributed by atoms with E-state index in [2.05, 4.69) is 41.2 Å². The van der Waals surface area contributed by atoms with E-state index in [0.29, 0.717) is 0 Å². The topological polar surface area (TPSA) is 26.8 Å². The molecule has 5 rings (SSSR count). The Morgan fingerprint density at radius 1 is 0.931 bits per heavy atom. The molecule has 1 atom stereocenters. The van der Waals surface area contributed by atoms with Crippen LogP contribution in [0.25, 0.3) is 11.1 Å². The van der Waals surface area contributed by atoms with Gasteiger partial charge in [0.25, 0.3) is 0 Å². The molecule has 2 aliphatic heterocycles. The number of rotatable bonds is 4. The van der Waals surface area contributed by atoms with Gasteiger partial charge in [0.15, 0.2) is 0 Å². The Hall–Kier alpha value is -2.66. The van der Waals surface area contributed by atoms with Gasteiger partial charge in [-0.15, -0.1) is 0 Å². The summed E-state index contributed by atoms with van der Waals surface area (Å²) in [5.41, 5.74) is 4.25. The van der Waals surface area contributed by atoms with E-state index in [1.54, 1.807) is 12.1 Å². The fraction of sp³-hybridized carbons (Fsp3) is 0.375. The molecule has 1 saturated carbocycles. The van der Waals surface area contributed by atoms with Crippen LogP contribution in [-0.2, 0) is 4.79 Å². The van der Waals surface area contributed by atoms with Crippen LogP contribution in [0.4, 0.5) is 4.39 Å². The highest BCUT2D eigenvalue weighted by molar-refractivity contribution is 5.83. The smallest absolute Gasteiger partial charge is 0.231 e. The number of benzene rings is 2. The molecular formula is C24H26FN3O. The van der Waals surface area contributed by atoms with Crippen LogP contribution in [0.3, 0.4) is 0 Å². The van der Waals surface area contributed by atoms with Crippen LogP contribution in [0.5, 0.6) is 0 Å². The quantitative estimate of drug-likeness (QED) is 0.740. The first-order valence-electron chi connectivity index (χ1n) is 10.5. The summed E-state index contributed by atoms with van der Waals surface area (Å²) in [5, 5.41) is 4.69. The van der Waals surface area contributed by atoms with Crippen LogP contribution in [0.15, 0.2) is 60.4 Å². The maximum Gasteiger partial charge on any atom is 0.231 e. The Bertz CT molecular complexity index is 928. The second kappa shape index (κ2) is 7.30. The minimum Gasteiger partial charge on any atom is -0.290 e. The molecule has 2 heterocycles. The van der Waals surface area contributed by atoms with Crippen LogP contribution < -0.4 is 0 Å². The van der Waals surface area contributed by atoms with Crippen LogP contribution in [0.2, 0.25) is 0 Å². The highest BCUT2D eigenvalue weighted by atomic mass is 19.1. The van der Waals surface area contributed by atoms with Crippen LogP contribution in [0.1, 0.15) is 44.3 Å². The third-order valence-corrected chi connectivity index (χ3v) is 6.14. The van der Waals surface area contributed by atoms with E-state index in [9.17, 15) is 9.18 Å². The molecule has 2 aromatic rings. The van der Waals surface area contributed by atoms with Gasteiger partial charge in [-0.2, -0.15) is 0 Å². The number of hydrogen-bond donors (Lipinski definition) is 0. The fourth-order valence-electron chi connectivity index (χ4n) is 4.45. The molecule has 0 N–H and O–H groups in total. The minimum atomic E-state index is -0.228. The fourth-order valence-corrected chi connectivity index (χ4v) is 4.45. The van der Waals surface area contributed by atoms with Gasteiger partial charge in [0, 0.05) is 30.9 Å². The summed E-state index contributed by atoms with van der Waals surface area (Å²) >= 11 is 0. The highest BCUT2D eigenvalue weighted by Crippen LogP contribution is 2.42. The van der Waals surface area contributed by atoms with E-state index >= 15 is 0 Å². The lowest BCUT2D eigenvalue weighted by atomic mass is 10.0. The number of nitrogens with zero attached hydrogens (tertiary/aromatic N) is 3. The van der Waals surface area contributed by atoms with Gasteiger partial charge in [0.05, 0.1) is 0 Å². The number of hydrogen-bond acceptors (Lipinski definition) is 3. The zero-order valence-corrected chi connectivity index (χ0v) is 16.7. The molecule has 1 aliphatic carbocycles. The number of halogens is 1. The monoisotopic (exact) mass is 391 g/mol. The van der Waals surface area contributed by atoms with Gasteiger partial charge in [0.1, 0.15) is 12.0 Å². The van der Waals surface area contributed by atoms with Crippen molar-refractivity contribution >= 4 is 5.91 Å². The Kier molecular flexibility index (Phi) is 4.63. The van der Waals surface area contributed by atoms with Crippen molar-refractivity contribution < 1.29 is 9.18 Å². The normalized spacial score (nSPS) is 22.3. The van der Waals surface area contributed by atoms with Gasteiger partial charge in [-0.05, 0) is 61.4 Å². The Morgan fingerprint density at radius 3 is 2.10 bits per heavy atom. The number of allylic oxidation sites excluding steroid dienone is 1. The Morgan fingerprint density at radius 2 is 1.52 bits per heavy atom. The number of amides is 1. The molecule has 4 nitrogen and oxygen atoms in total. The molecule has 2 fully saturated rings. The predicted molar refractivity (Wildman–Crippen MR) is 111 cm³/mol. The molecule has 2 aromatic carbocycles. The SMILES string of the molecule is CC1=CN(C(=O)C2CC2)C(c2ccc(-c3ccc(F)cc3)cc2)N1N1CCCC1. The van der Waals surface area contributed by atoms with Gasteiger partial charge < -0.3 is 0 Å². The van der Waals surface area contributed by atoms with Gasteiger partial charge in [-0.3, -0.25) is 14.7 Å². The Balaban J connectivity index is 1.47. The molecule has 3 aliphatic rings. The van der Waals surface area contributed by atoms with Crippen molar-refractivity contribution in [1.82, 2.24) is 14.9 Å². The summed E-state index contributed by atoms with van der Waals surface area (Å²) in [5.74, 6) is 0.186. The van der Waals surface area contributed by atoms with E-state index < -0.39 is 0 Å². The van der Waals surface area contributed by atoms with Gasteiger partial charge in [-0.25, -0.2) is 9.40 Å². The summed E-state index contributed by atoms with van der Waals surface area (Å²) in [6.45, 7) is 4.15. The van der Waals surface area contributed by atoms with E-state index in [-0.39, 0.29) is 23.8 Å². The molecule has 0 aromatic heterocycles. The van der Waals surface area contributed by atoms with Crippen molar-refractivity contribution in [3.05, 3.63) is 71.8 Å². The summed E-state index contributed by atoms with van der Waals surface area (Å²) < 4.78 is 13.2. The van der Waals surface area contributed by atoms with E-state index in [0.717, 1.165) is 48.3 Å². The molecule has 1 saturated heterocycles. The third kappa shape index (κ3) is 3.44. The maximum absolute atomic E-state index is 13.2. The zero-order chi connectivity index (χ0) is 20.0. The summed E-state index contributed by atoms with van der Waals surface area (Å²) in [6.07, 6.45) is 6.29. The lowest BCUT2D eigenvalue weighted by molar-refractivity contribution is -0.137. The average molecular weight is 391 g/mol. The molecular weight excluding hydrogens is 365 g/mol.